The molecular weight excluding hydrogens is 572 g/mol. The van der Waals surface area contributed by atoms with Crippen LogP contribution in [0.3, 0.4) is 0 Å². The number of nitrogens with one attached hydrogen (secondary N) is 2. The Morgan fingerprint density at radius 1 is 1.10 bits per heavy atom. The van der Waals surface area contributed by atoms with Crippen molar-refractivity contribution in [3.63, 3.8) is 0 Å². The number of aliphatic hydroxyl groups excluding tert-OH is 1. The molecule has 1 aliphatic heterocycles. The van der Waals surface area contributed by atoms with Crippen LogP contribution in [0.5, 0.6) is 0 Å². The number of amides is 2. The van der Waals surface area contributed by atoms with Crippen molar-refractivity contribution in [2.75, 3.05) is 5.88 Å². The molecule has 0 aliphatic carbocycles. The number of carbonyl (C=O) groups excluding carboxylic acids is 2. The average Bonchev–Trinajstić information content (AvgIpc) is 3.30. The number of nitriles is 1. The van der Waals surface area contributed by atoms with Gasteiger partial charge in [-0.15, -0.1) is 11.8 Å². The molecule has 0 bridgehead atoms. The summed E-state index contributed by atoms with van der Waals surface area (Å²) in [5.74, 6) is -0.957. The Balaban J connectivity index is 1.59. The maximum Gasteiger partial charge on any atom is 0.254 e. The molecule has 9 nitrogen and oxygen atoms in total. The summed E-state index contributed by atoms with van der Waals surface area (Å²) >= 11 is 1.41. The van der Waals surface area contributed by atoms with Crippen LogP contribution in [-0.2, 0) is 32.6 Å². The number of hydrogen-bond acceptors (Lipinski definition) is 7. The van der Waals surface area contributed by atoms with E-state index in [1.165, 1.54) is 40.9 Å². The summed E-state index contributed by atoms with van der Waals surface area (Å²) in [6, 6.07) is 21.8. The third-order valence-electron chi connectivity index (χ3n) is 7.30. The fraction of sp³-hybridized carbons (Fsp3) is 0.323. The normalized spacial score (nSPS) is 17.7. The van der Waals surface area contributed by atoms with Gasteiger partial charge in [0.15, 0.2) is 0 Å². The van der Waals surface area contributed by atoms with E-state index >= 15 is 0 Å². The van der Waals surface area contributed by atoms with Gasteiger partial charge in [-0.1, -0.05) is 60.7 Å². The summed E-state index contributed by atoms with van der Waals surface area (Å²) in [6.07, 6.45) is -1.78. The topological polar surface area (TPSA) is 140 Å². The zero-order valence-electron chi connectivity index (χ0n) is 23.7. The number of rotatable bonds is 10. The van der Waals surface area contributed by atoms with E-state index in [4.69, 9.17) is 0 Å². The van der Waals surface area contributed by atoms with Crippen LogP contribution in [0.2, 0.25) is 0 Å². The molecule has 1 aliphatic rings. The molecule has 0 aromatic heterocycles. The molecule has 0 spiro atoms. The van der Waals surface area contributed by atoms with Crippen LogP contribution in [-0.4, -0.2) is 59.1 Å². The highest BCUT2D eigenvalue weighted by atomic mass is 32.2. The van der Waals surface area contributed by atoms with E-state index < -0.39 is 38.9 Å². The van der Waals surface area contributed by atoms with E-state index in [1.807, 2.05) is 51.1 Å². The van der Waals surface area contributed by atoms with Gasteiger partial charge < -0.3 is 15.3 Å². The van der Waals surface area contributed by atoms with Crippen molar-refractivity contribution in [1.29, 1.82) is 5.26 Å². The van der Waals surface area contributed by atoms with Gasteiger partial charge in [0.2, 0.25) is 15.9 Å². The molecule has 3 aromatic rings. The molecule has 3 unspecified atom stereocenters. The minimum absolute atomic E-state index is 0.0133. The quantitative estimate of drug-likeness (QED) is 0.322. The minimum Gasteiger partial charge on any atom is -0.382 e. The van der Waals surface area contributed by atoms with Crippen molar-refractivity contribution >= 4 is 33.6 Å². The summed E-state index contributed by atoms with van der Waals surface area (Å²) < 4.78 is 28.5. The standard InChI is InChI=1S/C31H34N4O5S2/c1-21-10-7-8-14-24(21)19-33-29(37)28-31(2,3)41-20-35(28)30(38)27(36)26(17-22-11-5-4-6-12-22)34-42(39,40)25-15-9-13-23(16-25)18-32/h4-16,26-28,34,36H,17,19-20H2,1-3H3,(H,33,37). The van der Waals surface area contributed by atoms with E-state index in [1.54, 1.807) is 30.3 Å². The summed E-state index contributed by atoms with van der Waals surface area (Å²) in [7, 11) is -4.23. The molecule has 4 rings (SSSR count). The second kappa shape index (κ2) is 13.1. The molecule has 1 saturated heterocycles. The highest BCUT2D eigenvalue weighted by Gasteiger charge is 2.50. The molecule has 0 saturated carbocycles. The van der Waals surface area contributed by atoms with Gasteiger partial charge in [-0.25, -0.2) is 13.1 Å². The number of carbonyl (C=O) groups is 2. The number of benzene rings is 3. The first-order valence-electron chi connectivity index (χ1n) is 13.4. The second-order valence-electron chi connectivity index (χ2n) is 10.7. The summed E-state index contributed by atoms with van der Waals surface area (Å²) in [4.78, 5) is 28.5. The van der Waals surface area contributed by atoms with Crippen LogP contribution < -0.4 is 10.0 Å². The highest BCUT2D eigenvalue weighted by Crippen LogP contribution is 2.40. The second-order valence-corrected chi connectivity index (χ2v) is 14.0. The first kappa shape index (κ1) is 31.3. The molecule has 0 radical (unpaired) electrons. The number of thioether (sulfide) groups is 1. The highest BCUT2D eigenvalue weighted by molar-refractivity contribution is 8.00. The van der Waals surface area contributed by atoms with Crippen LogP contribution in [0.4, 0.5) is 0 Å². The SMILES string of the molecule is Cc1ccccc1CNC(=O)C1N(C(=O)C(O)C(Cc2ccccc2)NS(=O)(=O)c2cccc(C#N)c2)CSC1(C)C. The first-order valence-corrected chi connectivity index (χ1v) is 15.9. The van der Waals surface area contributed by atoms with Crippen LogP contribution in [0.15, 0.2) is 83.8 Å². The van der Waals surface area contributed by atoms with E-state index in [0.717, 1.165) is 11.1 Å². The van der Waals surface area contributed by atoms with Gasteiger partial charge >= 0.3 is 0 Å². The third-order valence-corrected chi connectivity index (χ3v) is 10.2. The maximum absolute atomic E-state index is 13.8. The monoisotopic (exact) mass is 606 g/mol. The van der Waals surface area contributed by atoms with Crippen molar-refractivity contribution in [2.24, 2.45) is 0 Å². The van der Waals surface area contributed by atoms with E-state index in [9.17, 15) is 28.4 Å². The van der Waals surface area contributed by atoms with E-state index in [-0.39, 0.29) is 35.2 Å². The third kappa shape index (κ3) is 7.20. The molecule has 3 aromatic carbocycles. The predicted octanol–water partition coefficient (Wildman–Crippen LogP) is 3.11. The fourth-order valence-electron chi connectivity index (χ4n) is 4.93. The lowest BCUT2D eigenvalue weighted by molar-refractivity contribution is -0.147. The van der Waals surface area contributed by atoms with Crippen molar-refractivity contribution in [2.45, 2.75) is 61.6 Å². The Morgan fingerprint density at radius 3 is 2.48 bits per heavy atom. The zero-order valence-corrected chi connectivity index (χ0v) is 25.3. The Morgan fingerprint density at radius 2 is 1.79 bits per heavy atom. The molecule has 42 heavy (non-hydrogen) atoms. The van der Waals surface area contributed by atoms with Gasteiger partial charge in [0, 0.05) is 11.3 Å². The molecule has 3 atom stereocenters. The number of aryl methyl sites for hydroxylation is 1. The Labute approximate surface area is 251 Å². The van der Waals surface area contributed by atoms with Crippen LogP contribution in [0.1, 0.15) is 36.1 Å². The molecule has 1 heterocycles. The minimum atomic E-state index is -4.23. The summed E-state index contributed by atoms with van der Waals surface area (Å²) in [5.41, 5.74) is 2.83. The van der Waals surface area contributed by atoms with Gasteiger partial charge in [-0.05, 0) is 62.1 Å². The zero-order chi connectivity index (χ0) is 30.5. The van der Waals surface area contributed by atoms with Crippen molar-refractivity contribution in [3.8, 4) is 6.07 Å². The Kier molecular flexibility index (Phi) is 9.74. The lowest BCUT2D eigenvalue weighted by Crippen LogP contribution is -2.58. The first-order chi connectivity index (χ1) is 19.9. The van der Waals surface area contributed by atoms with Crippen LogP contribution >= 0.6 is 11.8 Å². The molecule has 3 N–H and O–H groups in total. The van der Waals surface area contributed by atoms with E-state index in [2.05, 4.69) is 10.0 Å². The average molecular weight is 607 g/mol. The van der Waals surface area contributed by atoms with Crippen molar-refractivity contribution in [1.82, 2.24) is 14.9 Å². The van der Waals surface area contributed by atoms with Gasteiger partial charge in [-0.2, -0.15) is 5.26 Å². The number of hydrogen-bond donors (Lipinski definition) is 3. The number of aliphatic hydroxyl groups is 1. The maximum atomic E-state index is 13.8. The van der Waals surface area contributed by atoms with Crippen molar-refractivity contribution < 1.29 is 23.1 Å². The smallest absolute Gasteiger partial charge is 0.254 e. The van der Waals surface area contributed by atoms with Crippen molar-refractivity contribution in [3.05, 3.63) is 101 Å². The largest absolute Gasteiger partial charge is 0.382 e. The van der Waals surface area contributed by atoms with Gasteiger partial charge in [0.05, 0.1) is 28.4 Å². The Bertz CT molecular complexity index is 1590. The molecule has 2 amide bonds. The number of sulfonamides is 1. The molecular formula is C31H34N4O5S2. The van der Waals surface area contributed by atoms with Gasteiger partial charge in [-0.3, -0.25) is 9.59 Å². The predicted molar refractivity (Wildman–Crippen MR) is 162 cm³/mol. The fourth-order valence-corrected chi connectivity index (χ4v) is 7.36. The lowest BCUT2D eigenvalue weighted by atomic mass is 9.97. The number of nitrogens with zero attached hydrogens (tertiary/aromatic N) is 2. The molecule has 11 heteroatoms. The summed E-state index contributed by atoms with van der Waals surface area (Å²) in [6.45, 7) is 5.96. The Hall–Kier alpha value is -3.69. The molecule has 1 fully saturated rings. The van der Waals surface area contributed by atoms with E-state index in [0.29, 0.717) is 5.56 Å². The van der Waals surface area contributed by atoms with Gasteiger partial charge in [0.25, 0.3) is 5.91 Å². The van der Waals surface area contributed by atoms with Crippen LogP contribution in [0.25, 0.3) is 0 Å². The summed E-state index contributed by atoms with van der Waals surface area (Å²) in [5, 5.41) is 23.6. The van der Waals surface area contributed by atoms with Crippen LogP contribution in [0, 0.1) is 18.3 Å². The lowest BCUT2D eigenvalue weighted by Gasteiger charge is -2.33. The molecule has 220 valence electrons. The van der Waals surface area contributed by atoms with Gasteiger partial charge in [0.1, 0.15) is 12.1 Å².